The Kier molecular flexibility index (Phi) is 5.46. The molecule has 4 heteroatoms. The fourth-order valence-corrected chi connectivity index (χ4v) is 3.82. The summed E-state index contributed by atoms with van der Waals surface area (Å²) < 4.78 is 5.85. The predicted molar refractivity (Wildman–Crippen MR) is 66.7 cm³/mol. The number of likely N-dealkylation sites (tertiary alicyclic amines) is 1. The second-order valence-electron chi connectivity index (χ2n) is 6.47. The van der Waals surface area contributed by atoms with Crippen molar-refractivity contribution < 1.29 is 22.0 Å². The van der Waals surface area contributed by atoms with Crippen molar-refractivity contribution in [3.05, 3.63) is 0 Å². The van der Waals surface area contributed by atoms with E-state index in [9.17, 15) is 0 Å². The highest BCUT2D eigenvalue weighted by atomic mass is 35.5. The number of halogens is 1. The van der Waals surface area contributed by atoms with E-state index in [-0.39, 0.29) is 18.0 Å². The van der Waals surface area contributed by atoms with E-state index in [1.54, 1.807) is 4.90 Å². The first-order valence-electron chi connectivity index (χ1n) is 6.90. The third kappa shape index (κ3) is 3.85. The second kappa shape index (κ2) is 6.23. The standard InChI is InChI=1S/C14H24N2O.ClH/c1-13(2)11-14(6-10-17-13)5-3-8-16(12-14)9-4-7-15;/h3-6,8-12H2,1-2H3;1H. The molecule has 2 rings (SSSR count). The van der Waals surface area contributed by atoms with Gasteiger partial charge in [-0.05, 0) is 39.5 Å². The lowest BCUT2D eigenvalue weighted by Crippen LogP contribution is -3.14. The van der Waals surface area contributed by atoms with Crippen molar-refractivity contribution >= 4 is 0 Å². The minimum absolute atomic E-state index is 0. The number of piperidine rings is 1. The molecular formula is C14H25ClN2O. The van der Waals surface area contributed by atoms with Gasteiger partial charge < -0.3 is 22.0 Å². The van der Waals surface area contributed by atoms with Crippen LogP contribution in [0.5, 0.6) is 0 Å². The van der Waals surface area contributed by atoms with Crippen molar-refractivity contribution in [3.63, 3.8) is 0 Å². The number of ether oxygens (including phenoxy) is 1. The molecule has 2 saturated heterocycles. The lowest BCUT2D eigenvalue weighted by Gasteiger charge is -2.48. The zero-order chi connectivity index (χ0) is 12.4. The van der Waals surface area contributed by atoms with Gasteiger partial charge in [0, 0.05) is 12.0 Å². The van der Waals surface area contributed by atoms with Crippen LogP contribution in [0, 0.1) is 16.7 Å². The number of nitriles is 1. The third-order valence-corrected chi connectivity index (χ3v) is 4.38. The van der Waals surface area contributed by atoms with E-state index >= 15 is 0 Å². The lowest BCUT2D eigenvalue weighted by atomic mass is 9.69. The van der Waals surface area contributed by atoms with Crippen LogP contribution in [0.3, 0.4) is 0 Å². The zero-order valence-electron chi connectivity index (χ0n) is 11.6. The normalized spacial score (nSPS) is 34.6. The van der Waals surface area contributed by atoms with Crippen LogP contribution in [0.25, 0.3) is 0 Å². The fourth-order valence-electron chi connectivity index (χ4n) is 3.82. The Balaban J connectivity index is 0.00000162. The Labute approximate surface area is 117 Å². The molecule has 104 valence electrons. The Bertz CT molecular complexity index is 309. The predicted octanol–water partition coefficient (Wildman–Crippen LogP) is -1.84. The Morgan fingerprint density at radius 3 is 2.78 bits per heavy atom. The average molecular weight is 273 g/mol. The minimum Gasteiger partial charge on any atom is -1.00 e. The molecule has 2 aliphatic rings. The smallest absolute Gasteiger partial charge is 0.0903 e. The first-order chi connectivity index (χ1) is 8.05. The van der Waals surface area contributed by atoms with Crippen LogP contribution in [0.15, 0.2) is 0 Å². The monoisotopic (exact) mass is 272 g/mol. The molecule has 0 amide bonds. The van der Waals surface area contributed by atoms with Crippen LogP contribution in [-0.2, 0) is 4.74 Å². The molecular weight excluding hydrogens is 248 g/mol. The van der Waals surface area contributed by atoms with Crippen molar-refractivity contribution in [1.82, 2.24) is 0 Å². The van der Waals surface area contributed by atoms with Crippen LogP contribution in [0.2, 0.25) is 0 Å². The molecule has 2 heterocycles. The van der Waals surface area contributed by atoms with Crippen molar-refractivity contribution in [2.24, 2.45) is 5.41 Å². The van der Waals surface area contributed by atoms with Crippen molar-refractivity contribution in [2.75, 3.05) is 26.2 Å². The largest absolute Gasteiger partial charge is 1.00 e. The maximum Gasteiger partial charge on any atom is 0.0903 e. The number of rotatable bonds is 2. The molecule has 3 nitrogen and oxygen atoms in total. The number of quaternary nitrogens is 1. The van der Waals surface area contributed by atoms with Crippen LogP contribution < -0.4 is 17.3 Å². The molecule has 2 unspecified atom stereocenters. The molecule has 0 aromatic carbocycles. The summed E-state index contributed by atoms with van der Waals surface area (Å²) in [6, 6.07) is 2.28. The van der Waals surface area contributed by atoms with Crippen LogP contribution >= 0.6 is 0 Å². The Morgan fingerprint density at radius 2 is 2.11 bits per heavy atom. The molecule has 18 heavy (non-hydrogen) atoms. The Morgan fingerprint density at radius 1 is 1.33 bits per heavy atom. The summed E-state index contributed by atoms with van der Waals surface area (Å²) in [5.74, 6) is 0. The van der Waals surface area contributed by atoms with Crippen molar-refractivity contribution in [3.8, 4) is 6.07 Å². The van der Waals surface area contributed by atoms with Gasteiger partial charge in [-0.1, -0.05) is 0 Å². The maximum absolute atomic E-state index is 8.70. The molecule has 1 spiro atoms. The van der Waals surface area contributed by atoms with Gasteiger partial charge >= 0.3 is 0 Å². The fraction of sp³-hybridized carbons (Fsp3) is 0.929. The van der Waals surface area contributed by atoms with Gasteiger partial charge in [0.05, 0.1) is 37.7 Å². The van der Waals surface area contributed by atoms with Gasteiger partial charge in [-0.15, -0.1) is 0 Å². The molecule has 2 atom stereocenters. The molecule has 0 aromatic rings. The summed E-state index contributed by atoms with van der Waals surface area (Å²) in [6.45, 7) is 8.89. The Hall–Kier alpha value is -0.300. The zero-order valence-corrected chi connectivity index (χ0v) is 12.4. The van der Waals surface area contributed by atoms with E-state index in [1.165, 1.54) is 38.8 Å². The topological polar surface area (TPSA) is 37.5 Å². The van der Waals surface area contributed by atoms with Crippen LogP contribution in [0.1, 0.15) is 46.0 Å². The third-order valence-electron chi connectivity index (χ3n) is 4.38. The summed E-state index contributed by atoms with van der Waals surface area (Å²) in [5.41, 5.74) is 0.542. The molecule has 2 fully saturated rings. The second-order valence-corrected chi connectivity index (χ2v) is 6.47. The van der Waals surface area contributed by atoms with E-state index in [4.69, 9.17) is 10.00 Å². The van der Waals surface area contributed by atoms with Gasteiger partial charge in [0.2, 0.25) is 0 Å². The summed E-state index contributed by atoms with van der Waals surface area (Å²) in [5, 5.41) is 8.70. The molecule has 1 N–H and O–H groups in total. The first kappa shape index (κ1) is 15.8. The SMILES string of the molecule is CC1(C)CC2(CCC[NH+](CCC#N)C2)CCO1.[Cl-]. The van der Waals surface area contributed by atoms with Gasteiger partial charge in [-0.2, -0.15) is 5.26 Å². The summed E-state index contributed by atoms with van der Waals surface area (Å²) in [6.07, 6.45) is 5.78. The highest BCUT2D eigenvalue weighted by molar-refractivity contribution is 4.91. The van der Waals surface area contributed by atoms with E-state index in [1.807, 2.05) is 0 Å². The van der Waals surface area contributed by atoms with E-state index in [0.29, 0.717) is 11.8 Å². The van der Waals surface area contributed by atoms with Crippen molar-refractivity contribution in [1.29, 1.82) is 5.26 Å². The molecule has 0 bridgehead atoms. The van der Waals surface area contributed by atoms with E-state index in [0.717, 1.165) is 13.2 Å². The van der Waals surface area contributed by atoms with Gasteiger partial charge in [0.15, 0.2) is 0 Å². The molecule has 2 aliphatic heterocycles. The molecule has 0 radical (unpaired) electrons. The summed E-state index contributed by atoms with van der Waals surface area (Å²) in [4.78, 5) is 1.63. The summed E-state index contributed by atoms with van der Waals surface area (Å²) in [7, 11) is 0. The van der Waals surface area contributed by atoms with E-state index in [2.05, 4.69) is 19.9 Å². The lowest BCUT2D eigenvalue weighted by molar-refractivity contribution is -0.913. The summed E-state index contributed by atoms with van der Waals surface area (Å²) >= 11 is 0. The van der Waals surface area contributed by atoms with Crippen LogP contribution in [0.4, 0.5) is 0 Å². The highest BCUT2D eigenvalue weighted by Crippen LogP contribution is 2.42. The highest BCUT2D eigenvalue weighted by Gasteiger charge is 2.45. The molecule has 0 aliphatic carbocycles. The quantitative estimate of drug-likeness (QED) is 0.642. The maximum atomic E-state index is 8.70. The molecule has 0 aromatic heterocycles. The number of nitrogens with zero attached hydrogens (tertiary/aromatic N) is 1. The number of nitrogens with one attached hydrogen (secondary N) is 1. The van der Waals surface area contributed by atoms with E-state index < -0.39 is 0 Å². The van der Waals surface area contributed by atoms with Gasteiger partial charge in [-0.25, -0.2) is 0 Å². The van der Waals surface area contributed by atoms with Crippen LogP contribution in [-0.4, -0.2) is 31.8 Å². The van der Waals surface area contributed by atoms with Gasteiger partial charge in [0.25, 0.3) is 0 Å². The van der Waals surface area contributed by atoms with Gasteiger partial charge in [-0.3, -0.25) is 0 Å². The number of hydrogen-bond donors (Lipinski definition) is 1. The van der Waals surface area contributed by atoms with Crippen molar-refractivity contribution in [2.45, 2.75) is 51.6 Å². The molecule has 0 saturated carbocycles. The minimum atomic E-state index is 0. The average Bonchev–Trinajstić information content (AvgIpc) is 2.25. The van der Waals surface area contributed by atoms with Gasteiger partial charge in [0.1, 0.15) is 0 Å². The number of hydrogen-bond acceptors (Lipinski definition) is 2. The first-order valence-corrected chi connectivity index (χ1v) is 6.90.